The number of fused-ring (bicyclic) bond motifs is 1. The van der Waals surface area contributed by atoms with Crippen molar-refractivity contribution in [3.05, 3.63) is 29.6 Å². The van der Waals surface area contributed by atoms with Crippen molar-refractivity contribution in [3.63, 3.8) is 0 Å². The van der Waals surface area contributed by atoms with E-state index >= 15 is 0 Å². The fourth-order valence-corrected chi connectivity index (χ4v) is 2.02. The molecule has 1 aromatic carbocycles. The number of hydrogen-bond acceptors (Lipinski definition) is 2. The summed E-state index contributed by atoms with van der Waals surface area (Å²) in [6.45, 7) is 8.14. The zero-order valence-corrected chi connectivity index (χ0v) is 11.9. The number of rotatable bonds is 4. The Morgan fingerprint density at radius 3 is 2.68 bits per heavy atom. The molecule has 0 saturated carbocycles. The third-order valence-electron chi connectivity index (χ3n) is 2.93. The van der Waals surface area contributed by atoms with E-state index in [1.807, 2.05) is 32.0 Å². The molecule has 0 spiro atoms. The Morgan fingerprint density at radius 1 is 1.32 bits per heavy atom. The van der Waals surface area contributed by atoms with Crippen molar-refractivity contribution >= 4 is 16.9 Å². The maximum Gasteiger partial charge on any atom is 0.224 e. The second kappa shape index (κ2) is 5.43. The lowest BCUT2D eigenvalue weighted by molar-refractivity contribution is -0.120. The van der Waals surface area contributed by atoms with Crippen molar-refractivity contribution in [2.45, 2.75) is 46.1 Å². The number of nitrogens with zero attached hydrogens (tertiary/aromatic N) is 1. The van der Waals surface area contributed by atoms with Gasteiger partial charge in [-0.05, 0) is 31.5 Å². The average Bonchev–Trinajstić information content (AvgIpc) is 2.70. The van der Waals surface area contributed by atoms with Crippen molar-refractivity contribution < 1.29 is 4.79 Å². The van der Waals surface area contributed by atoms with Crippen molar-refractivity contribution in [1.82, 2.24) is 15.3 Å². The van der Waals surface area contributed by atoms with Crippen molar-refractivity contribution in [3.8, 4) is 0 Å². The maximum atomic E-state index is 11.7. The summed E-state index contributed by atoms with van der Waals surface area (Å²) in [7, 11) is 0. The lowest BCUT2D eigenvalue weighted by Crippen LogP contribution is -2.31. The van der Waals surface area contributed by atoms with Gasteiger partial charge < -0.3 is 10.3 Å². The first-order chi connectivity index (χ1) is 8.95. The van der Waals surface area contributed by atoms with Gasteiger partial charge in [-0.25, -0.2) is 4.98 Å². The SMILES string of the molecule is CC(C)NC(=O)Cc1ccc2nc(C(C)C)[nH]c2c1. The number of benzene rings is 1. The molecule has 19 heavy (non-hydrogen) atoms. The van der Waals surface area contributed by atoms with Crippen LogP contribution < -0.4 is 5.32 Å². The molecule has 0 saturated heterocycles. The van der Waals surface area contributed by atoms with Crippen LogP contribution in [0.15, 0.2) is 18.2 Å². The molecule has 0 aliphatic carbocycles. The van der Waals surface area contributed by atoms with Gasteiger partial charge in [0.25, 0.3) is 0 Å². The maximum absolute atomic E-state index is 11.7. The number of hydrogen-bond donors (Lipinski definition) is 2. The Kier molecular flexibility index (Phi) is 3.88. The zero-order chi connectivity index (χ0) is 14.0. The molecule has 0 fully saturated rings. The van der Waals surface area contributed by atoms with Gasteiger partial charge in [0.2, 0.25) is 5.91 Å². The molecule has 102 valence electrons. The molecule has 4 nitrogen and oxygen atoms in total. The summed E-state index contributed by atoms with van der Waals surface area (Å²) in [4.78, 5) is 19.6. The first-order valence-electron chi connectivity index (χ1n) is 6.73. The number of aromatic nitrogens is 2. The third-order valence-corrected chi connectivity index (χ3v) is 2.93. The van der Waals surface area contributed by atoms with E-state index in [-0.39, 0.29) is 11.9 Å². The fraction of sp³-hybridized carbons (Fsp3) is 0.467. The molecule has 0 radical (unpaired) electrons. The smallest absolute Gasteiger partial charge is 0.224 e. The molecular formula is C15H21N3O. The largest absolute Gasteiger partial charge is 0.354 e. The van der Waals surface area contributed by atoms with E-state index in [1.54, 1.807) is 0 Å². The topological polar surface area (TPSA) is 57.8 Å². The van der Waals surface area contributed by atoms with Crippen LogP contribution in [-0.2, 0) is 11.2 Å². The first kappa shape index (κ1) is 13.6. The fourth-order valence-electron chi connectivity index (χ4n) is 2.02. The van der Waals surface area contributed by atoms with E-state index < -0.39 is 0 Å². The lowest BCUT2D eigenvalue weighted by Gasteiger charge is -2.07. The molecule has 4 heteroatoms. The summed E-state index contributed by atoms with van der Waals surface area (Å²) < 4.78 is 0. The Hall–Kier alpha value is -1.84. The summed E-state index contributed by atoms with van der Waals surface area (Å²) in [5.41, 5.74) is 2.96. The molecule has 2 aromatic rings. The normalized spacial score (nSPS) is 11.5. The summed E-state index contributed by atoms with van der Waals surface area (Å²) >= 11 is 0. The molecule has 1 aromatic heterocycles. The molecule has 0 unspecified atom stereocenters. The molecule has 0 bridgehead atoms. The molecular weight excluding hydrogens is 238 g/mol. The minimum absolute atomic E-state index is 0.0537. The molecule has 2 rings (SSSR count). The highest BCUT2D eigenvalue weighted by Gasteiger charge is 2.09. The first-order valence-corrected chi connectivity index (χ1v) is 6.73. The van der Waals surface area contributed by atoms with Crippen LogP contribution in [0.5, 0.6) is 0 Å². The summed E-state index contributed by atoms with van der Waals surface area (Å²) in [6.07, 6.45) is 0.407. The third kappa shape index (κ3) is 3.34. The number of aromatic amines is 1. The van der Waals surface area contributed by atoms with Crippen LogP contribution in [0.2, 0.25) is 0 Å². The number of amides is 1. The van der Waals surface area contributed by atoms with E-state index in [9.17, 15) is 4.79 Å². The van der Waals surface area contributed by atoms with Gasteiger partial charge in [-0.1, -0.05) is 19.9 Å². The Bertz CT molecular complexity index is 584. The quantitative estimate of drug-likeness (QED) is 0.887. The molecule has 1 heterocycles. The van der Waals surface area contributed by atoms with E-state index in [0.29, 0.717) is 12.3 Å². The van der Waals surface area contributed by atoms with Crippen LogP contribution >= 0.6 is 0 Å². The van der Waals surface area contributed by atoms with Gasteiger partial charge in [0.1, 0.15) is 5.82 Å². The van der Waals surface area contributed by atoms with E-state index in [2.05, 4.69) is 29.1 Å². The van der Waals surface area contributed by atoms with Crippen molar-refractivity contribution in [2.24, 2.45) is 0 Å². The highest BCUT2D eigenvalue weighted by Crippen LogP contribution is 2.18. The predicted octanol–water partition coefficient (Wildman–Crippen LogP) is 2.75. The molecule has 0 atom stereocenters. The molecule has 0 aliphatic heterocycles. The zero-order valence-electron chi connectivity index (χ0n) is 11.9. The second-order valence-corrected chi connectivity index (χ2v) is 5.53. The van der Waals surface area contributed by atoms with Gasteiger partial charge in [-0.15, -0.1) is 0 Å². The number of carbonyl (C=O) groups is 1. The number of H-pyrrole nitrogens is 1. The van der Waals surface area contributed by atoms with E-state index in [4.69, 9.17) is 0 Å². The highest BCUT2D eigenvalue weighted by molar-refractivity contribution is 5.81. The van der Waals surface area contributed by atoms with Crippen LogP contribution in [0, 0.1) is 0 Å². The van der Waals surface area contributed by atoms with Gasteiger partial charge >= 0.3 is 0 Å². The van der Waals surface area contributed by atoms with Crippen LogP contribution in [0.1, 0.15) is 45.0 Å². The van der Waals surface area contributed by atoms with Crippen LogP contribution in [-0.4, -0.2) is 21.9 Å². The summed E-state index contributed by atoms with van der Waals surface area (Å²) in [5.74, 6) is 1.41. The number of imidazole rings is 1. The van der Waals surface area contributed by atoms with Crippen LogP contribution in [0.4, 0.5) is 0 Å². The van der Waals surface area contributed by atoms with Crippen molar-refractivity contribution in [1.29, 1.82) is 0 Å². The van der Waals surface area contributed by atoms with E-state index in [0.717, 1.165) is 22.4 Å². The second-order valence-electron chi connectivity index (χ2n) is 5.53. The average molecular weight is 259 g/mol. The van der Waals surface area contributed by atoms with Gasteiger partial charge in [-0.3, -0.25) is 4.79 Å². The number of nitrogens with one attached hydrogen (secondary N) is 2. The lowest BCUT2D eigenvalue weighted by atomic mass is 10.1. The Labute approximate surface area is 113 Å². The standard InChI is InChI=1S/C15H21N3O/c1-9(2)15-17-12-6-5-11(7-13(12)18-15)8-14(19)16-10(3)4/h5-7,9-10H,8H2,1-4H3,(H,16,19)(H,17,18). The van der Waals surface area contributed by atoms with Gasteiger partial charge in [0, 0.05) is 12.0 Å². The Balaban J connectivity index is 2.19. The van der Waals surface area contributed by atoms with Gasteiger partial charge in [0.05, 0.1) is 17.5 Å². The molecule has 2 N–H and O–H groups in total. The minimum atomic E-state index is 0.0537. The van der Waals surface area contributed by atoms with E-state index in [1.165, 1.54) is 0 Å². The van der Waals surface area contributed by atoms with Crippen LogP contribution in [0.3, 0.4) is 0 Å². The summed E-state index contributed by atoms with van der Waals surface area (Å²) in [6, 6.07) is 6.12. The summed E-state index contributed by atoms with van der Waals surface area (Å²) in [5, 5.41) is 2.90. The highest BCUT2D eigenvalue weighted by atomic mass is 16.1. The molecule has 1 amide bonds. The Morgan fingerprint density at radius 2 is 2.05 bits per heavy atom. The van der Waals surface area contributed by atoms with Gasteiger partial charge in [-0.2, -0.15) is 0 Å². The van der Waals surface area contributed by atoms with Crippen molar-refractivity contribution in [2.75, 3.05) is 0 Å². The monoisotopic (exact) mass is 259 g/mol. The molecule has 0 aliphatic rings. The number of carbonyl (C=O) groups excluding carboxylic acids is 1. The minimum Gasteiger partial charge on any atom is -0.354 e. The predicted molar refractivity (Wildman–Crippen MR) is 77.2 cm³/mol. The van der Waals surface area contributed by atoms with Crippen LogP contribution in [0.25, 0.3) is 11.0 Å². The van der Waals surface area contributed by atoms with Gasteiger partial charge in [0.15, 0.2) is 0 Å².